The minimum absolute atomic E-state index is 0.0581. The molecule has 1 unspecified atom stereocenters. The molecule has 0 saturated heterocycles. The Morgan fingerprint density at radius 2 is 2.13 bits per heavy atom. The number of allylic oxidation sites excluding steroid dienone is 6. The molecule has 0 aromatic rings. The molecule has 3 heteroatoms. The van der Waals surface area contributed by atoms with Crippen molar-refractivity contribution in [2.24, 2.45) is 23.0 Å². The molecule has 3 N–H and O–H groups in total. The molecule has 0 radical (unpaired) electrons. The highest BCUT2D eigenvalue weighted by atomic mass is 16.5. The lowest BCUT2D eigenvalue weighted by atomic mass is 9.64. The molecule has 0 spiro atoms. The molecule has 164 valence electrons. The molecule has 3 nitrogen and oxygen atoms in total. The fourth-order valence-electron chi connectivity index (χ4n) is 5.41. The molecule has 2 fully saturated rings. The summed E-state index contributed by atoms with van der Waals surface area (Å²) in [4.78, 5) is 0. The first-order valence-electron chi connectivity index (χ1n) is 11.5. The Morgan fingerprint density at radius 3 is 2.87 bits per heavy atom. The van der Waals surface area contributed by atoms with Gasteiger partial charge in [-0.15, -0.1) is 0 Å². The maximum atomic E-state index is 9.71. The van der Waals surface area contributed by atoms with Gasteiger partial charge in [0.25, 0.3) is 0 Å². The zero-order valence-electron chi connectivity index (χ0n) is 19.3. The standard InChI is InChI=1S/C27H39NO2/c1-19-9-6-10-21(20(19)2)12-13-22-11-7-17-27(5)23(22)14-15-24(27)25(28)30-18-8-16-26(3,4)29/h12-13,15,19,23,25,29H,2,6-7,9-11,14,17-18,28H2,1,3-5H3/b21-12-,22-13+/t19-,23?,25+,27-/m0/s1. The average Bonchev–Trinajstić information content (AvgIpc) is 3.03. The number of nitrogens with two attached hydrogens (primary N) is 1. The predicted octanol–water partition coefficient (Wildman–Crippen LogP) is 5.43. The fourth-order valence-corrected chi connectivity index (χ4v) is 5.41. The van der Waals surface area contributed by atoms with Crippen molar-refractivity contribution in [3.63, 3.8) is 0 Å². The zero-order chi connectivity index (χ0) is 21.9. The number of hydrogen-bond donors (Lipinski definition) is 2. The van der Waals surface area contributed by atoms with E-state index in [2.05, 4.69) is 50.5 Å². The van der Waals surface area contributed by atoms with Crippen LogP contribution in [-0.2, 0) is 4.74 Å². The highest BCUT2D eigenvalue weighted by Gasteiger charge is 2.46. The van der Waals surface area contributed by atoms with Gasteiger partial charge in [-0.05, 0) is 92.8 Å². The van der Waals surface area contributed by atoms with Crippen LogP contribution in [0.2, 0.25) is 0 Å². The summed E-state index contributed by atoms with van der Waals surface area (Å²) >= 11 is 0. The van der Waals surface area contributed by atoms with E-state index in [0.29, 0.717) is 11.8 Å². The summed E-state index contributed by atoms with van der Waals surface area (Å²) in [5.74, 6) is 6.77. The van der Waals surface area contributed by atoms with E-state index in [0.717, 1.165) is 19.3 Å². The Hall–Kier alpha value is -1.60. The van der Waals surface area contributed by atoms with Crippen LogP contribution < -0.4 is 5.73 Å². The van der Waals surface area contributed by atoms with Gasteiger partial charge in [0.1, 0.15) is 18.4 Å². The Balaban J connectivity index is 1.70. The van der Waals surface area contributed by atoms with Crippen molar-refractivity contribution < 1.29 is 9.84 Å². The van der Waals surface area contributed by atoms with Crippen molar-refractivity contribution in [3.05, 3.63) is 47.1 Å². The largest absolute Gasteiger partial charge is 0.378 e. The van der Waals surface area contributed by atoms with Crippen LogP contribution >= 0.6 is 0 Å². The SMILES string of the molecule is C=C1/C(=C\C=C2/CCC[C@]3(C)C([C@H](N)OCC#CC(C)(C)O)=CCC23)CCC[C@@H]1C. The molecule has 0 bridgehead atoms. The summed E-state index contributed by atoms with van der Waals surface area (Å²) in [7, 11) is 0. The predicted molar refractivity (Wildman–Crippen MR) is 124 cm³/mol. The number of hydrogen-bond acceptors (Lipinski definition) is 3. The van der Waals surface area contributed by atoms with Crippen molar-refractivity contribution in [2.45, 2.75) is 84.5 Å². The summed E-state index contributed by atoms with van der Waals surface area (Å²) in [6.07, 6.45) is 14.8. The summed E-state index contributed by atoms with van der Waals surface area (Å²) in [6, 6.07) is 0. The van der Waals surface area contributed by atoms with Crippen molar-refractivity contribution in [1.29, 1.82) is 0 Å². The summed E-state index contributed by atoms with van der Waals surface area (Å²) in [6.45, 7) is 12.5. The number of fused-ring (bicyclic) bond motifs is 1. The molecular weight excluding hydrogens is 370 g/mol. The third-order valence-corrected chi connectivity index (χ3v) is 7.24. The first kappa shape index (κ1) is 23.1. The van der Waals surface area contributed by atoms with E-state index >= 15 is 0 Å². The Bertz CT molecular complexity index is 814. The van der Waals surface area contributed by atoms with Crippen molar-refractivity contribution >= 4 is 0 Å². The second kappa shape index (κ2) is 9.27. The summed E-state index contributed by atoms with van der Waals surface area (Å²) in [5, 5.41) is 9.71. The third kappa shape index (κ3) is 5.17. The third-order valence-electron chi connectivity index (χ3n) is 7.24. The van der Waals surface area contributed by atoms with Gasteiger partial charge in [-0.25, -0.2) is 0 Å². The van der Waals surface area contributed by atoms with E-state index in [9.17, 15) is 5.11 Å². The maximum absolute atomic E-state index is 9.71. The average molecular weight is 410 g/mol. The summed E-state index contributed by atoms with van der Waals surface area (Å²) in [5.41, 5.74) is 11.0. The monoisotopic (exact) mass is 409 g/mol. The smallest absolute Gasteiger partial charge is 0.129 e. The highest BCUT2D eigenvalue weighted by molar-refractivity contribution is 5.39. The van der Waals surface area contributed by atoms with Gasteiger partial charge in [0.05, 0.1) is 0 Å². The van der Waals surface area contributed by atoms with E-state index in [1.54, 1.807) is 19.4 Å². The van der Waals surface area contributed by atoms with Crippen LogP contribution in [0.25, 0.3) is 0 Å². The Kier molecular flexibility index (Phi) is 7.13. The normalized spacial score (nSPS) is 33.1. The maximum Gasteiger partial charge on any atom is 0.129 e. The van der Waals surface area contributed by atoms with Crippen molar-refractivity contribution in [3.8, 4) is 11.8 Å². The molecule has 3 rings (SSSR count). The van der Waals surface area contributed by atoms with Crippen LogP contribution in [0.3, 0.4) is 0 Å². The van der Waals surface area contributed by atoms with Gasteiger partial charge >= 0.3 is 0 Å². The molecule has 3 aliphatic carbocycles. The van der Waals surface area contributed by atoms with E-state index in [-0.39, 0.29) is 12.0 Å². The van der Waals surface area contributed by atoms with Crippen LogP contribution in [0.5, 0.6) is 0 Å². The van der Waals surface area contributed by atoms with Crippen LogP contribution in [0, 0.1) is 29.1 Å². The van der Waals surface area contributed by atoms with E-state index in [4.69, 9.17) is 10.5 Å². The molecule has 0 heterocycles. The van der Waals surface area contributed by atoms with E-state index in [1.807, 2.05) is 0 Å². The number of ether oxygens (including phenoxy) is 1. The second-order valence-corrected chi connectivity index (χ2v) is 10.1. The molecule has 2 saturated carbocycles. The van der Waals surface area contributed by atoms with Crippen molar-refractivity contribution in [2.75, 3.05) is 6.61 Å². The van der Waals surface area contributed by atoms with Gasteiger partial charge in [-0.3, -0.25) is 0 Å². The van der Waals surface area contributed by atoms with E-state index in [1.165, 1.54) is 42.4 Å². The quantitative estimate of drug-likeness (QED) is 0.370. The molecule has 30 heavy (non-hydrogen) atoms. The Morgan fingerprint density at radius 1 is 1.37 bits per heavy atom. The zero-order valence-corrected chi connectivity index (χ0v) is 19.3. The summed E-state index contributed by atoms with van der Waals surface area (Å²) < 4.78 is 5.83. The number of rotatable bonds is 4. The lowest BCUT2D eigenvalue weighted by molar-refractivity contribution is 0.0806. The van der Waals surface area contributed by atoms with Gasteiger partial charge in [0.2, 0.25) is 0 Å². The first-order chi connectivity index (χ1) is 14.1. The van der Waals surface area contributed by atoms with Gasteiger partial charge in [0, 0.05) is 0 Å². The molecular formula is C27H39NO2. The fraction of sp³-hybridized carbons (Fsp3) is 0.630. The topological polar surface area (TPSA) is 55.5 Å². The van der Waals surface area contributed by atoms with Crippen LogP contribution in [0.4, 0.5) is 0 Å². The van der Waals surface area contributed by atoms with E-state index < -0.39 is 11.8 Å². The molecule has 0 aliphatic heterocycles. The van der Waals surface area contributed by atoms with Crippen LogP contribution in [0.15, 0.2) is 47.1 Å². The highest BCUT2D eigenvalue weighted by Crippen LogP contribution is 2.55. The minimum Gasteiger partial charge on any atom is -0.378 e. The lowest BCUT2D eigenvalue weighted by Crippen LogP contribution is -2.39. The van der Waals surface area contributed by atoms with Crippen LogP contribution in [0.1, 0.15) is 72.6 Å². The Labute approximate surface area is 183 Å². The molecule has 4 atom stereocenters. The first-order valence-corrected chi connectivity index (χ1v) is 11.5. The van der Waals surface area contributed by atoms with Gasteiger partial charge in [-0.1, -0.05) is 56.1 Å². The van der Waals surface area contributed by atoms with Gasteiger partial charge in [0.15, 0.2) is 0 Å². The second-order valence-electron chi connectivity index (χ2n) is 10.1. The number of aliphatic hydroxyl groups is 1. The van der Waals surface area contributed by atoms with Gasteiger partial charge in [-0.2, -0.15) is 0 Å². The molecule has 0 aromatic heterocycles. The molecule has 3 aliphatic rings. The molecule has 0 amide bonds. The molecule has 0 aromatic carbocycles. The van der Waals surface area contributed by atoms with Crippen molar-refractivity contribution in [1.82, 2.24) is 0 Å². The van der Waals surface area contributed by atoms with Gasteiger partial charge < -0.3 is 15.6 Å². The lowest BCUT2D eigenvalue weighted by Gasteiger charge is -2.42. The minimum atomic E-state index is -1.00. The van der Waals surface area contributed by atoms with Crippen LogP contribution in [-0.4, -0.2) is 23.5 Å².